The van der Waals surface area contributed by atoms with Crippen LogP contribution in [-0.2, 0) is 30.0 Å². The van der Waals surface area contributed by atoms with Gasteiger partial charge in [-0.15, -0.1) is 0 Å². The highest BCUT2D eigenvalue weighted by atomic mass is 32.2. The van der Waals surface area contributed by atoms with Crippen LogP contribution >= 0.6 is 11.8 Å². The van der Waals surface area contributed by atoms with E-state index in [-0.39, 0.29) is 23.1 Å². The Labute approximate surface area is 186 Å². The van der Waals surface area contributed by atoms with E-state index in [0.717, 1.165) is 34.9 Å². The van der Waals surface area contributed by atoms with Gasteiger partial charge in [0.15, 0.2) is 0 Å². The fraction of sp³-hybridized carbons (Fsp3) is 0.450. The number of thioether (sulfide) groups is 1. The Morgan fingerprint density at radius 3 is 2.66 bits per heavy atom. The van der Waals surface area contributed by atoms with Gasteiger partial charge in [0.05, 0.1) is 53.6 Å². The second kappa shape index (κ2) is 10.3. The van der Waals surface area contributed by atoms with Gasteiger partial charge in [-0.05, 0) is 25.1 Å². The van der Waals surface area contributed by atoms with E-state index < -0.39 is 36.1 Å². The largest absolute Gasteiger partial charge is 0.463 e. The summed E-state index contributed by atoms with van der Waals surface area (Å²) in [7, 11) is 0. The first-order valence-electron chi connectivity index (χ1n) is 9.84. The lowest BCUT2D eigenvalue weighted by Crippen LogP contribution is -2.37. The average Bonchev–Trinajstić information content (AvgIpc) is 3.07. The number of halogens is 3. The molecule has 2 fully saturated rings. The van der Waals surface area contributed by atoms with Gasteiger partial charge in [-0.3, -0.25) is 14.5 Å². The third kappa shape index (κ3) is 5.94. The number of morpholine rings is 1. The normalized spacial score (nSPS) is 18.2. The van der Waals surface area contributed by atoms with Crippen molar-refractivity contribution in [3.63, 3.8) is 0 Å². The van der Waals surface area contributed by atoms with Crippen molar-refractivity contribution >= 4 is 40.9 Å². The molecule has 0 radical (unpaired) electrons. The van der Waals surface area contributed by atoms with Crippen molar-refractivity contribution in [3.05, 3.63) is 34.9 Å². The van der Waals surface area contributed by atoms with Gasteiger partial charge in [0.25, 0.3) is 0 Å². The summed E-state index contributed by atoms with van der Waals surface area (Å²) in [6.45, 7) is 3.09. The van der Waals surface area contributed by atoms with Crippen molar-refractivity contribution in [1.82, 2.24) is 4.90 Å². The van der Waals surface area contributed by atoms with Crippen molar-refractivity contribution < 1.29 is 37.0 Å². The van der Waals surface area contributed by atoms with Crippen LogP contribution in [0.15, 0.2) is 29.3 Å². The summed E-state index contributed by atoms with van der Waals surface area (Å²) in [5.74, 6) is -1.69. The lowest BCUT2D eigenvalue weighted by atomic mass is 10.1. The molecule has 2 heterocycles. The minimum atomic E-state index is -4.58. The number of ether oxygens (including phenoxy) is 2. The van der Waals surface area contributed by atoms with Crippen LogP contribution in [0.5, 0.6) is 0 Å². The van der Waals surface area contributed by atoms with Gasteiger partial charge in [0.1, 0.15) is 6.54 Å². The molecule has 3 rings (SSSR count). The van der Waals surface area contributed by atoms with E-state index in [1.807, 2.05) is 4.90 Å². The Bertz CT molecular complexity index is 916. The van der Waals surface area contributed by atoms with E-state index in [1.54, 1.807) is 6.92 Å². The van der Waals surface area contributed by atoms with Crippen LogP contribution in [0.1, 0.15) is 12.5 Å². The fourth-order valence-corrected chi connectivity index (χ4v) is 4.14. The van der Waals surface area contributed by atoms with E-state index in [0.29, 0.717) is 32.0 Å². The predicted octanol–water partition coefficient (Wildman–Crippen LogP) is 2.46. The molecule has 0 spiro atoms. The van der Waals surface area contributed by atoms with E-state index in [1.165, 1.54) is 6.07 Å². The maximum Gasteiger partial charge on any atom is 0.416 e. The molecule has 0 atom stereocenters. The lowest BCUT2D eigenvalue weighted by molar-refractivity contribution is -0.138. The number of amides is 2. The molecular weight excluding hydrogens is 451 g/mol. The highest BCUT2D eigenvalue weighted by molar-refractivity contribution is 8.04. The first-order chi connectivity index (χ1) is 15.2. The zero-order valence-electron chi connectivity index (χ0n) is 17.2. The molecule has 0 aromatic heterocycles. The standard InChI is InChI=1S/C20H22F3N3O5S/c1-2-31-19(29)10-18-26(17(28)12-32-18)11-16(27)24-14-9-13(20(21,22)23)3-4-15(14)25-5-7-30-8-6-25/h3-4,9-10H,2,5-8,11-12H2,1H3,(H,24,27)/b18-10-. The Balaban J connectivity index is 1.80. The second-order valence-corrected chi connectivity index (χ2v) is 7.88. The van der Waals surface area contributed by atoms with Crippen molar-refractivity contribution in [2.45, 2.75) is 13.1 Å². The van der Waals surface area contributed by atoms with Gasteiger partial charge >= 0.3 is 12.1 Å². The van der Waals surface area contributed by atoms with Crippen LogP contribution in [0.2, 0.25) is 0 Å². The maximum absolute atomic E-state index is 13.2. The van der Waals surface area contributed by atoms with E-state index >= 15 is 0 Å². The van der Waals surface area contributed by atoms with Gasteiger partial charge < -0.3 is 19.7 Å². The van der Waals surface area contributed by atoms with Crippen molar-refractivity contribution in [3.8, 4) is 0 Å². The summed E-state index contributed by atoms with van der Waals surface area (Å²) >= 11 is 1.08. The lowest BCUT2D eigenvalue weighted by Gasteiger charge is -2.31. The monoisotopic (exact) mass is 473 g/mol. The summed E-state index contributed by atoms with van der Waals surface area (Å²) in [6, 6.07) is 3.15. The molecule has 0 saturated carbocycles. The smallest absolute Gasteiger partial charge is 0.416 e. The number of esters is 1. The van der Waals surface area contributed by atoms with Gasteiger partial charge in [-0.25, -0.2) is 4.79 Å². The highest BCUT2D eigenvalue weighted by Gasteiger charge is 2.33. The zero-order valence-corrected chi connectivity index (χ0v) is 18.1. The van der Waals surface area contributed by atoms with Crippen LogP contribution < -0.4 is 10.2 Å². The van der Waals surface area contributed by atoms with Crippen LogP contribution in [0.3, 0.4) is 0 Å². The number of anilines is 2. The number of carbonyl (C=O) groups is 3. The minimum absolute atomic E-state index is 0.0121. The van der Waals surface area contributed by atoms with Crippen LogP contribution in [-0.4, -0.2) is 67.9 Å². The molecule has 0 bridgehead atoms. The number of carbonyl (C=O) groups excluding carboxylic acids is 3. The van der Waals surface area contributed by atoms with Crippen LogP contribution in [0.4, 0.5) is 24.5 Å². The van der Waals surface area contributed by atoms with E-state index in [9.17, 15) is 27.6 Å². The summed E-state index contributed by atoms with van der Waals surface area (Å²) < 4.78 is 49.8. The van der Waals surface area contributed by atoms with E-state index in [4.69, 9.17) is 9.47 Å². The van der Waals surface area contributed by atoms with Crippen LogP contribution in [0.25, 0.3) is 0 Å². The number of nitrogens with zero attached hydrogens (tertiary/aromatic N) is 2. The summed E-state index contributed by atoms with van der Waals surface area (Å²) in [5, 5.41) is 2.75. The molecule has 2 saturated heterocycles. The van der Waals surface area contributed by atoms with Gasteiger partial charge in [0.2, 0.25) is 11.8 Å². The molecule has 12 heteroatoms. The third-order valence-corrected chi connectivity index (χ3v) is 5.72. The fourth-order valence-electron chi connectivity index (χ4n) is 3.21. The SMILES string of the molecule is CCOC(=O)/C=C1\SCC(=O)N1CC(=O)Nc1cc(C(F)(F)F)ccc1N1CCOCC1. The van der Waals surface area contributed by atoms with E-state index in [2.05, 4.69) is 5.32 Å². The average molecular weight is 473 g/mol. The summed E-state index contributed by atoms with van der Waals surface area (Å²) in [6.07, 6.45) is -3.46. The Hall–Kier alpha value is -2.73. The summed E-state index contributed by atoms with van der Waals surface area (Å²) in [5.41, 5.74) is -0.485. The molecule has 32 heavy (non-hydrogen) atoms. The predicted molar refractivity (Wildman–Crippen MR) is 112 cm³/mol. The first-order valence-corrected chi connectivity index (χ1v) is 10.8. The van der Waals surface area contributed by atoms with Gasteiger partial charge in [-0.1, -0.05) is 11.8 Å². The quantitative estimate of drug-likeness (QED) is 0.502. The molecular formula is C20H22F3N3O5S. The first kappa shape index (κ1) is 23.9. The van der Waals surface area contributed by atoms with Crippen molar-refractivity contribution in [2.75, 3.05) is 55.4 Å². The molecule has 0 unspecified atom stereocenters. The number of hydrogen-bond acceptors (Lipinski definition) is 7. The molecule has 0 aliphatic carbocycles. The van der Waals surface area contributed by atoms with Gasteiger partial charge in [0, 0.05) is 13.1 Å². The summed E-state index contributed by atoms with van der Waals surface area (Å²) in [4.78, 5) is 39.5. The van der Waals surface area contributed by atoms with Crippen LogP contribution in [0, 0.1) is 0 Å². The topological polar surface area (TPSA) is 88.2 Å². The highest BCUT2D eigenvalue weighted by Crippen LogP contribution is 2.36. The van der Waals surface area contributed by atoms with Crippen molar-refractivity contribution in [1.29, 1.82) is 0 Å². The Kier molecular flexibility index (Phi) is 7.67. The molecule has 1 aromatic carbocycles. The number of benzene rings is 1. The number of hydrogen-bond donors (Lipinski definition) is 1. The molecule has 1 N–H and O–H groups in total. The zero-order chi connectivity index (χ0) is 23.3. The van der Waals surface area contributed by atoms with Crippen molar-refractivity contribution in [2.24, 2.45) is 0 Å². The maximum atomic E-state index is 13.2. The van der Waals surface area contributed by atoms with Gasteiger partial charge in [-0.2, -0.15) is 13.2 Å². The molecule has 1 aromatic rings. The Morgan fingerprint density at radius 1 is 1.28 bits per heavy atom. The third-order valence-electron chi connectivity index (χ3n) is 4.69. The number of alkyl halides is 3. The minimum Gasteiger partial charge on any atom is -0.463 e. The number of nitrogens with one attached hydrogen (secondary N) is 1. The number of rotatable bonds is 6. The molecule has 174 valence electrons. The molecule has 2 aliphatic heterocycles. The second-order valence-electron chi connectivity index (χ2n) is 6.88. The molecule has 2 amide bonds. The molecule has 8 nitrogen and oxygen atoms in total. The molecule has 2 aliphatic rings. The Morgan fingerprint density at radius 2 is 2.00 bits per heavy atom.